The molecular formula is C35H38ClF3N4O7S. The largest absolute Gasteiger partial charge is 0.573 e. The predicted molar refractivity (Wildman–Crippen MR) is 187 cm³/mol. The number of ether oxygens (including phenoxy) is 2. The second-order valence-corrected chi connectivity index (χ2v) is 15.4. The number of nitrogens with zero attached hydrogens (tertiary/aromatic N) is 2. The topological polar surface area (TPSA) is 136 Å². The number of sulfonamides is 1. The number of methoxy groups -OCH3 is 1. The SMILES string of the molecule is COc1cc(NC(C(=O)N2CC3(CCCC3)c3ccc(OC(F)(F)F)cc32)c2ccc(Cl)cc2)cc(C(C)=NOC(C)(C)C(=O)NS(C)(=O)=O)c1. The molecule has 1 aliphatic carbocycles. The summed E-state index contributed by atoms with van der Waals surface area (Å²) < 4.78 is 74.5. The Morgan fingerprint density at radius 1 is 1.00 bits per heavy atom. The van der Waals surface area contributed by atoms with E-state index in [0.29, 0.717) is 39.0 Å². The molecule has 0 radical (unpaired) electrons. The summed E-state index contributed by atoms with van der Waals surface area (Å²) in [6.07, 6.45) is -0.633. The van der Waals surface area contributed by atoms with Gasteiger partial charge in [0.05, 0.1) is 24.8 Å². The van der Waals surface area contributed by atoms with Crippen molar-refractivity contribution in [3.05, 3.63) is 82.4 Å². The van der Waals surface area contributed by atoms with E-state index in [1.165, 1.54) is 38.0 Å². The van der Waals surface area contributed by atoms with Crippen LogP contribution in [0.4, 0.5) is 24.5 Å². The fraction of sp³-hybridized carbons (Fsp3) is 0.400. The molecule has 1 aliphatic heterocycles. The third kappa shape index (κ3) is 8.87. The van der Waals surface area contributed by atoms with Gasteiger partial charge < -0.3 is 24.5 Å². The highest BCUT2D eigenvalue weighted by Crippen LogP contribution is 2.52. The van der Waals surface area contributed by atoms with Crippen molar-refractivity contribution in [2.75, 3.05) is 30.1 Å². The Bertz CT molecular complexity index is 1950. The Balaban J connectivity index is 1.51. The number of hydrogen-bond donors (Lipinski definition) is 2. The molecule has 3 aromatic rings. The van der Waals surface area contributed by atoms with Crippen molar-refractivity contribution in [1.29, 1.82) is 0 Å². The first-order valence-electron chi connectivity index (χ1n) is 16.0. The number of rotatable bonds is 11. The van der Waals surface area contributed by atoms with Crippen LogP contribution in [0.3, 0.4) is 0 Å². The molecule has 51 heavy (non-hydrogen) atoms. The van der Waals surface area contributed by atoms with Crippen molar-refractivity contribution in [3.63, 3.8) is 0 Å². The number of hydrogen-bond acceptors (Lipinski definition) is 9. The smallest absolute Gasteiger partial charge is 0.497 e. The number of fused-ring (bicyclic) bond motifs is 2. The number of nitrogens with one attached hydrogen (secondary N) is 2. The first-order chi connectivity index (χ1) is 23.8. The maximum absolute atomic E-state index is 14.7. The second-order valence-electron chi connectivity index (χ2n) is 13.2. The third-order valence-electron chi connectivity index (χ3n) is 8.91. The fourth-order valence-electron chi connectivity index (χ4n) is 6.37. The van der Waals surface area contributed by atoms with Gasteiger partial charge >= 0.3 is 6.36 Å². The minimum atomic E-state index is -4.91. The van der Waals surface area contributed by atoms with Gasteiger partial charge in [0, 0.05) is 40.4 Å². The lowest BCUT2D eigenvalue weighted by molar-refractivity contribution is -0.274. The minimum Gasteiger partial charge on any atom is -0.497 e. The van der Waals surface area contributed by atoms with Crippen LogP contribution in [0.25, 0.3) is 0 Å². The van der Waals surface area contributed by atoms with E-state index < -0.39 is 51.0 Å². The molecule has 1 atom stereocenters. The molecule has 0 saturated heterocycles. The van der Waals surface area contributed by atoms with Crippen molar-refractivity contribution < 1.29 is 45.5 Å². The summed E-state index contributed by atoms with van der Waals surface area (Å²) in [4.78, 5) is 34.1. The normalized spacial score (nSPS) is 16.4. The molecule has 1 fully saturated rings. The second kappa shape index (κ2) is 14.3. The summed E-state index contributed by atoms with van der Waals surface area (Å²) >= 11 is 6.19. The molecule has 3 aromatic carbocycles. The van der Waals surface area contributed by atoms with E-state index in [1.807, 2.05) is 4.72 Å². The molecule has 1 unspecified atom stereocenters. The summed E-state index contributed by atoms with van der Waals surface area (Å²) in [7, 11) is -2.38. The first-order valence-corrected chi connectivity index (χ1v) is 18.2. The molecular weight excluding hydrogens is 713 g/mol. The molecule has 2 amide bonds. The van der Waals surface area contributed by atoms with Gasteiger partial charge in [-0.15, -0.1) is 13.2 Å². The van der Waals surface area contributed by atoms with E-state index in [0.717, 1.165) is 37.5 Å². The van der Waals surface area contributed by atoms with Crippen LogP contribution in [0.5, 0.6) is 11.5 Å². The van der Waals surface area contributed by atoms with Crippen LogP contribution in [-0.4, -0.2) is 57.8 Å². The van der Waals surface area contributed by atoms with Crippen molar-refractivity contribution in [1.82, 2.24) is 4.72 Å². The lowest BCUT2D eigenvalue weighted by atomic mass is 9.81. The van der Waals surface area contributed by atoms with E-state index in [4.69, 9.17) is 21.2 Å². The third-order valence-corrected chi connectivity index (χ3v) is 9.72. The Labute approximate surface area is 299 Å². The Hall–Kier alpha value is -4.50. The van der Waals surface area contributed by atoms with E-state index in [1.54, 1.807) is 55.5 Å². The monoisotopic (exact) mass is 750 g/mol. The lowest BCUT2D eigenvalue weighted by Crippen LogP contribution is -2.45. The fourth-order valence-corrected chi connectivity index (χ4v) is 7.08. The number of oxime groups is 1. The van der Waals surface area contributed by atoms with Crippen molar-refractivity contribution >= 4 is 50.5 Å². The summed E-state index contributed by atoms with van der Waals surface area (Å²) in [5.41, 5.74) is 0.853. The number of anilines is 2. The van der Waals surface area contributed by atoms with Crippen LogP contribution in [0, 0.1) is 0 Å². The molecule has 16 heteroatoms. The molecule has 1 heterocycles. The summed E-state index contributed by atoms with van der Waals surface area (Å²) in [6.45, 7) is 4.61. The highest BCUT2D eigenvalue weighted by atomic mass is 35.5. The van der Waals surface area contributed by atoms with Crippen LogP contribution in [0.15, 0.2) is 65.8 Å². The number of carbonyl (C=O) groups is 2. The van der Waals surface area contributed by atoms with Crippen LogP contribution < -0.4 is 24.4 Å². The Morgan fingerprint density at radius 2 is 1.67 bits per heavy atom. The van der Waals surface area contributed by atoms with Gasteiger partial charge in [0.25, 0.3) is 11.8 Å². The van der Waals surface area contributed by atoms with Crippen LogP contribution in [0.2, 0.25) is 5.02 Å². The van der Waals surface area contributed by atoms with Gasteiger partial charge in [-0.1, -0.05) is 47.8 Å². The Morgan fingerprint density at radius 3 is 2.27 bits per heavy atom. The molecule has 0 aromatic heterocycles. The summed E-state index contributed by atoms with van der Waals surface area (Å²) in [5.74, 6) is -1.37. The highest BCUT2D eigenvalue weighted by molar-refractivity contribution is 7.89. The zero-order valence-electron chi connectivity index (χ0n) is 28.6. The molecule has 11 nitrogen and oxygen atoms in total. The number of halogens is 4. The lowest BCUT2D eigenvalue weighted by Gasteiger charge is -2.28. The van der Waals surface area contributed by atoms with Gasteiger partial charge in [0.1, 0.15) is 17.5 Å². The van der Waals surface area contributed by atoms with E-state index in [-0.39, 0.29) is 6.54 Å². The highest BCUT2D eigenvalue weighted by Gasteiger charge is 2.48. The minimum absolute atomic E-state index is 0.289. The van der Waals surface area contributed by atoms with E-state index in [2.05, 4.69) is 15.2 Å². The van der Waals surface area contributed by atoms with Crippen molar-refractivity contribution in [3.8, 4) is 11.5 Å². The van der Waals surface area contributed by atoms with Crippen LogP contribution in [0.1, 0.15) is 69.2 Å². The zero-order chi connectivity index (χ0) is 37.4. The molecule has 1 saturated carbocycles. The maximum atomic E-state index is 14.7. The average Bonchev–Trinajstić information content (AvgIpc) is 3.65. The molecule has 274 valence electrons. The number of alkyl halides is 3. The van der Waals surface area contributed by atoms with E-state index >= 15 is 0 Å². The average molecular weight is 751 g/mol. The molecule has 2 aliphatic rings. The van der Waals surface area contributed by atoms with Crippen molar-refractivity contribution in [2.24, 2.45) is 5.16 Å². The van der Waals surface area contributed by atoms with Crippen LogP contribution >= 0.6 is 11.6 Å². The van der Waals surface area contributed by atoms with Gasteiger partial charge in [0.2, 0.25) is 15.6 Å². The van der Waals surface area contributed by atoms with Gasteiger partial charge in [-0.2, -0.15) is 0 Å². The van der Waals surface area contributed by atoms with Crippen LogP contribution in [-0.2, 0) is 29.9 Å². The standard InChI is InChI=1S/C35H38ClF3N4O7S/c1-21(41-50-33(2,3)32(45)42-51(5,46)47)23-16-25(18-27(17-23)48-4)40-30(22-8-10-24(36)11-9-22)31(44)43-20-34(14-6-7-15-34)28-13-12-26(19-29(28)43)49-35(37,38)39/h8-13,16-19,30,40H,6-7,14-15,20H2,1-5H3,(H,42,45). The molecule has 0 bridgehead atoms. The van der Waals surface area contributed by atoms with Gasteiger partial charge in [-0.3, -0.25) is 9.59 Å². The molecule has 2 N–H and O–H groups in total. The molecule has 5 rings (SSSR count). The number of carbonyl (C=O) groups excluding carboxylic acids is 2. The number of amides is 2. The maximum Gasteiger partial charge on any atom is 0.573 e. The van der Waals surface area contributed by atoms with Gasteiger partial charge in [0.15, 0.2) is 0 Å². The first kappa shape index (κ1) is 37.7. The summed E-state index contributed by atoms with van der Waals surface area (Å²) in [6, 6.07) is 14.8. The summed E-state index contributed by atoms with van der Waals surface area (Å²) in [5, 5.41) is 7.81. The van der Waals surface area contributed by atoms with Crippen molar-refractivity contribution in [2.45, 2.75) is 69.9 Å². The Kier molecular flexibility index (Phi) is 10.6. The van der Waals surface area contributed by atoms with Gasteiger partial charge in [-0.05, 0) is 75.1 Å². The number of benzene rings is 3. The zero-order valence-corrected chi connectivity index (χ0v) is 30.1. The van der Waals surface area contributed by atoms with Gasteiger partial charge in [-0.25, -0.2) is 13.1 Å². The van der Waals surface area contributed by atoms with E-state index in [9.17, 15) is 31.2 Å². The molecule has 1 spiro atoms. The quantitative estimate of drug-likeness (QED) is 0.161. The predicted octanol–water partition coefficient (Wildman–Crippen LogP) is 6.85.